The number of aromatic nitrogens is 1. The van der Waals surface area contributed by atoms with Crippen LogP contribution in [-0.4, -0.2) is 4.98 Å². The van der Waals surface area contributed by atoms with Crippen molar-refractivity contribution in [1.29, 1.82) is 0 Å². The molecule has 0 fully saturated rings. The summed E-state index contributed by atoms with van der Waals surface area (Å²) >= 11 is 0. The summed E-state index contributed by atoms with van der Waals surface area (Å²) in [5.74, 6) is 0. The number of rotatable bonds is 24. The van der Waals surface area contributed by atoms with Gasteiger partial charge in [-0.2, -0.15) is 0 Å². The summed E-state index contributed by atoms with van der Waals surface area (Å²) in [7, 11) is 0. The summed E-state index contributed by atoms with van der Waals surface area (Å²) in [5, 5.41) is 0. The monoisotopic (exact) mass is 455 g/mol. The second kappa shape index (κ2) is 23.9. The normalized spacial score (nSPS) is 11.9. The van der Waals surface area contributed by atoms with Crippen LogP contribution in [0.15, 0.2) is 24.4 Å². The summed E-state index contributed by atoms with van der Waals surface area (Å²) in [5.41, 5.74) is 2.60. The number of unbranched alkanes of at least 4 members (excludes halogenated alkanes) is 20. The van der Waals surface area contributed by atoms with E-state index in [0.29, 0.717) is 0 Å². The fourth-order valence-electron chi connectivity index (χ4n) is 4.59. The van der Waals surface area contributed by atoms with Crippen molar-refractivity contribution in [3.8, 4) is 0 Å². The van der Waals surface area contributed by atoms with Gasteiger partial charge in [-0.1, -0.05) is 148 Å². The van der Waals surface area contributed by atoms with E-state index in [4.69, 9.17) is 0 Å². The molecule has 1 nitrogen and oxygen atoms in total. The standard InChI is InChI=1S/C32H57N/c1-3-5-7-9-11-13-15-17-19-21-23-25-27-31-29-30-33-32(31)28-26-24-22-20-18-16-14-12-10-8-6-4-2/h25-30,33H,3-24H2,1-2H3/b27-25+,28-26+. The molecule has 0 unspecified atom stereocenters. The highest BCUT2D eigenvalue weighted by molar-refractivity contribution is 5.62. The van der Waals surface area contributed by atoms with Crippen molar-refractivity contribution < 1.29 is 0 Å². The molecular weight excluding hydrogens is 398 g/mol. The molecule has 0 aliphatic rings. The largest absolute Gasteiger partial charge is 0.361 e. The fraction of sp³-hybridized carbons (Fsp3) is 0.750. The summed E-state index contributed by atoms with van der Waals surface area (Å²) in [4.78, 5) is 3.40. The van der Waals surface area contributed by atoms with Crippen molar-refractivity contribution in [2.75, 3.05) is 0 Å². The molecule has 0 atom stereocenters. The first kappa shape index (κ1) is 29.8. The van der Waals surface area contributed by atoms with Crippen LogP contribution in [0.25, 0.3) is 12.2 Å². The number of hydrogen-bond acceptors (Lipinski definition) is 0. The molecule has 0 spiro atoms. The third-order valence-corrected chi connectivity index (χ3v) is 6.84. The highest BCUT2D eigenvalue weighted by Gasteiger charge is 1.97. The van der Waals surface area contributed by atoms with Gasteiger partial charge in [-0.05, 0) is 43.4 Å². The van der Waals surface area contributed by atoms with Crippen molar-refractivity contribution in [3.05, 3.63) is 35.7 Å². The van der Waals surface area contributed by atoms with Crippen LogP contribution in [0.4, 0.5) is 0 Å². The minimum Gasteiger partial charge on any atom is -0.361 e. The van der Waals surface area contributed by atoms with Crippen molar-refractivity contribution in [1.82, 2.24) is 4.98 Å². The SMILES string of the molecule is CCCCCCCCCCCC/C=C/c1cc[nH]c1/C=C/CCCCCCCCCCCC. The molecule has 0 aromatic carbocycles. The van der Waals surface area contributed by atoms with Gasteiger partial charge in [0.05, 0.1) is 0 Å². The molecule has 1 heteroatoms. The second-order valence-corrected chi connectivity index (χ2v) is 10.1. The number of allylic oxidation sites excluding steroid dienone is 2. The van der Waals surface area contributed by atoms with Gasteiger partial charge in [-0.15, -0.1) is 0 Å². The van der Waals surface area contributed by atoms with Crippen LogP contribution < -0.4 is 0 Å². The van der Waals surface area contributed by atoms with E-state index in [9.17, 15) is 0 Å². The van der Waals surface area contributed by atoms with Gasteiger partial charge in [-0.3, -0.25) is 0 Å². The van der Waals surface area contributed by atoms with Crippen LogP contribution in [0, 0.1) is 0 Å². The van der Waals surface area contributed by atoms with Gasteiger partial charge in [0.15, 0.2) is 0 Å². The van der Waals surface area contributed by atoms with E-state index >= 15 is 0 Å². The Morgan fingerprint density at radius 1 is 0.515 bits per heavy atom. The maximum absolute atomic E-state index is 3.40. The van der Waals surface area contributed by atoms with Gasteiger partial charge in [0.2, 0.25) is 0 Å². The molecule has 1 rings (SSSR count). The maximum Gasteiger partial charge on any atom is 0.0450 e. The predicted molar refractivity (Wildman–Crippen MR) is 152 cm³/mol. The van der Waals surface area contributed by atoms with Crippen molar-refractivity contribution >= 4 is 12.2 Å². The average Bonchev–Trinajstić information content (AvgIpc) is 3.27. The smallest absolute Gasteiger partial charge is 0.0450 e. The van der Waals surface area contributed by atoms with Crippen LogP contribution in [0.5, 0.6) is 0 Å². The van der Waals surface area contributed by atoms with E-state index < -0.39 is 0 Å². The number of aromatic amines is 1. The van der Waals surface area contributed by atoms with Crippen molar-refractivity contribution in [2.24, 2.45) is 0 Å². The first-order valence-electron chi connectivity index (χ1n) is 14.9. The molecule has 0 bridgehead atoms. The Hall–Kier alpha value is -1.24. The van der Waals surface area contributed by atoms with Gasteiger partial charge >= 0.3 is 0 Å². The quantitative estimate of drug-likeness (QED) is 0.149. The summed E-state index contributed by atoms with van der Waals surface area (Å²) < 4.78 is 0. The van der Waals surface area contributed by atoms with Crippen LogP contribution in [0.2, 0.25) is 0 Å². The minimum atomic E-state index is 1.21. The number of H-pyrrole nitrogens is 1. The van der Waals surface area contributed by atoms with Crippen LogP contribution in [-0.2, 0) is 0 Å². The zero-order valence-electron chi connectivity index (χ0n) is 22.5. The van der Waals surface area contributed by atoms with E-state index in [1.807, 2.05) is 0 Å². The Morgan fingerprint density at radius 2 is 0.909 bits per heavy atom. The summed E-state index contributed by atoms with van der Waals surface area (Å²) in [6.07, 6.45) is 42.0. The lowest BCUT2D eigenvalue weighted by Crippen LogP contribution is -1.82. The molecule has 0 aliphatic carbocycles. The average molecular weight is 456 g/mol. The lowest BCUT2D eigenvalue weighted by Gasteiger charge is -2.01. The van der Waals surface area contributed by atoms with Gasteiger partial charge in [0.25, 0.3) is 0 Å². The molecule has 0 saturated carbocycles. The third-order valence-electron chi connectivity index (χ3n) is 6.84. The Kier molecular flexibility index (Phi) is 21.6. The van der Waals surface area contributed by atoms with Gasteiger partial charge in [0, 0.05) is 11.9 Å². The highest BCUT2D eigenvalue weighted by Crippen LogP contribution is 2.15. The Bertz CT molecular complexity index is 516. The van der Waals surface area contributed by atoms with Gasteiger partial charge < -0.3 is 4.98 Å². The van der Waals surface area contributed by atoms with Crippen LogP contribution >= 0.6 is 0 Å². The van der Waals surface area contributed by atoms with Crippen LogP contribution in [0.1, 0.15) is 166 Å². The van der Waals surface area contributed by atoms with Crippen molar-refractivity contribution in [2.45, 2.75) is 155 Å². The highest BCUT2D eigenvalue weighted by atomic mass is 14.7. The van der Waals surface area contributed by atoms with E-state index in [0.717, 1.165) is 0 Å². The first-order valence-corrected chi connectivity index (χ1v) is 14.9. The molecule has 33 heavy (non-hydrogen) atoms. The van der Waals surface area contributed by atoms with Crippen LogP contribution in [0.3, 0.4) is 0 Å². The lowest BCUT2D eigenvalue weighted by molar-refractivity contribution is 0.558. The molecule has 0 amide bonds. The summed E-state index contributed by atoms with van der Waals surface area (Å²) in [6.45, 7) is 4.59. The topological polar surface area (TPSA) is 15.8 Å². The number of hydrogen-bond donors (Lipinski definition) is 1. The zero-order chi connectivity index (χ0) is 23.7. The second-order valence-electron chi connectivity index (χ2n) is 10.1. The Balaban J connectivity index is 2.00. The molecule has 0 aliphatic heterocycles. The van der Waals surface area contributed by atoms with Gasteiger partial charge in [0.1, 0.15) is 0 Å². The van der Waals surface area contributed by atoms with E-state index in [1.54, 1.807) is 0 Å². The number of nitrogens with one attached hydrogen (secondary N) is 1. The molecular formula is C32H57N. The maximum atomic E-state index is 3.40. The lowest BCUT2D eigenvalue weighted by atomic mass is 10.1. The van der Waals surface area contributed by atoms with Crippen molar-refractivity contribution in [3.63, 3.8) is 0 Å². The Labute approximate surface area is 207 Å². The molecule has 1 N–H and O–H groups in total. The molecule has 1 aromatic heterocycles. The summed E-state index contributed by atoms with van der Waals surface area (Å²) in [6, 6.07) is 2.20. The molecule has 1 aromatic rings. The van der Waals surface area contributed by atoms with Gasteiger partial charge in [-0.25, -0.2) is 0 Å². The first-order chi connectivity index (χ1) is 16.4. The molecule has 190 valence electrons. The minimum absolute atomic E-state index is 1.21. The van der Waals surface area contributed by atoms with E-state index in [-0.39, 0.29) is 0 Å². The van der Waals surface area contributed by atoms with E-state index in [2.05, 4.69) is 55.4 Å². The molecule has 0 saturated heterocycles. The fourth-order valence-corrected chi connectivity index (χ4v) is 4.59. The predicted octanol–water partition coefficient (Wildman–Crippen LogP) is 11.7. The Morgan fingerprint density at radius 3 is 1.36 bits per heavy atom. The molecule has 0 radical (unpaired) electrons. The third kappa shape index (κ3) is 18.8. The van der Waals surface area contributed by atoms with E-state index in [1.165, 1.54) is 153 Å². The zero-order valence-corrected chi connectivity index (χ0v) is 22.5. The molecule has 1 heterocycles.